The molecule has 16 heavy (non-hydrogen) atoms. The first kappa shape index (κ1) is 13.0. The topological polar surface area (TPSA) is 55.4 Å². The highest BCUT2D eigenvalue weighted by Crippen LogP contribution is 2.22. The highest BCUT2D eigenvalue weighted by Gasteiger charge is 2.24. The molecular formula is C12H21NO3. The van der Waals surface area contributed by atoms with Gasteiger partial charge < -0.3 is 14.8 Å². The molecule has 0 bridgehead atoms. The summed E-state index contributed by atoms with van der Waals surface area (Å²) in [5, 5.41) is 2.82. The Morgan fingerprint density at radius 3 is 2.62 bits per heavy atom. The average Bonchev–Trinajstić information content (AvgIpc) is 2.15. The summed E-state index contributed by atoms with van der Waals surface area (Å²) in [4.78, 5) is 22.2. The molecule has 0 unspecified atom stereocenters. The van der Waals surface area contributed by atoms with Crippen molar-refractivity contribution in [2.24, 2.45) is 5.92 Å². The van der Waals surface area contributed by atoms with E-state index in [0.29, 0.717) is 0 Å². The Hall–Kier alpha value is -1.06. The summed E-state index contributed by atoms with van der Waals surface area (Å²) in [6.45, 7) is 5.50. The van der Waals surface area contributed by atoms with Gasteiger partial charge in [-0.15, -0.1) is 0 Å². The van der Waals surface area contributed by atoms with Gasteiger partial charge in [0, 0.05) is 12.0 Å². The van der Waals surface area contributed by atoms with Crippen molar-refractivity contribution in [2.45, 2.75) is 58.1 Å². The monoisotopic (exact) mass is 227 g/mol. The van der Waals surface area contributed by atoms with E-state index in [9.17, 15) is 9.59 Å². The number of carbonyl (C=O) groups is 2. The molecule has 2 atom stereocenters. The zero-order valence-electron chi connectivity index (χ0n) is 10.3. The third kappa shape index (κ3) is 4.64. The van der Waals surface area contributed by atoms with Crippen LogP contribution in [0.3, 0.4) is 0 Å². The van der Waals surface area contributed by atoms with E-state index in [0.717, 1.165) is 32.0 Å². The van der Waals surface area contributed by atoms with Crippen LogP contribution in [0.25, 0.3) is 0 Å². The summed E-state index contributed by atoms with van der Waals surface area (Å²) in [5.74, 6) is 0.0914. The minimum atomic E-state index is -0.469. The molecule has 4 heteroatoms. The SMILES string of the molecule is CC(C)(C)OC(=O)N[C@H]1CCC[C@H](C=O)C1. The molecule has 4 nitrogen and oxygen atoms in total. The number of alkyl carbamates (subject to hydrolysis) is 1. The largest absolute Gasteiger partial charge is 0.444 e. The molecule has 0 radical (unpaired) electrons. The van der Waals surface area contributed by atoms with Gasteiger partial charge in [-0.1, -0.05) is 6.42 Å². The summed E-state index contributed by atoms with van der Waals surface area (Å²) < 4.78 is 5.17. The molecule has 0 aromatic rings. The van der Waals surface area contributed by atoms with Crippen molar-refractivity contribution < 1.29 is 14.3 Å². The smallest absolute Gasteiger partial charge is 0.407 e. The lowest BCUT2D eigenvalue weighted by Gasteiger charge is -2.28. The molecule has 1 saturated carbocycles. The van der Waals surface area contributed by atoms with E-state index in [1.807, 2.05) is 20.8 Å². The first-order valence-corrected chi connectivity index (χ1v) is 5.85. The van der Waals surface area contributed by atoms with Crippen molar-refractivity contribution in [1.29, 1.82) is 0 Å². The lowest BCUT2D eigenvalue weighted by Crippen LogP contribution is -2.41. The van der Waals surface area contributed by atoms with E-state index < -0.39 is 5.60 Å². The Kier molecular flexibility index (Phi) is 4.33. The third-order valence-corrected chi connectivity index (χ3v) is 2.63. The second-order valence-electron chi connectivity index (χ2n) is 5.41. The average molecular weight is 227 g/mol. The number of aldehydes is 1. The van der Waals surface area contributed by atoms with Gasteiger partial charge in [0.25, 0.3) is 0 Å². The Balaban J connectivity index is 2.36. The first-order chi connectivity index (χ1) is 7.40. The van der Waals surface area contributed by atoms with Gasteiger partial charge in [-0.3, -0.25) is 0 Å². The van der Waals surface area contributed by atoms with E-state index in [2.05, 4.69) is 5.32 Å². The van der Waals surface area contributed by atoms with E-state index in [1.54, 1.807) is 0 Å². The zero-order chi connectivity index (χ0) is 12.2. The van der Waals surface area contributed by atoms with Crippen LogP contribution in [-0.2, 0) is 9.53 Å². The third-order valence-electron chi connectivity index (χ3n) is 2.63. The number of rotatable bonds is 2. The number of carbonyl (C=O) groups excluding carboxylic acids is 2. The zero-order valence-corrected chi connectivity index (χ0v) is 10.3. The molecule has 0 saturated heterocycles. The molecule has 1 fully saturated rings. The quantitative estimate of drug-likeness (QED) is 0.736. The minimum Gasteiger partial charge on any atom is -0.444 e. The van der Waals surface area contributed by atoms with Crippen LogP contribution in [0.15, 0.2) is 0 Å². The summed E-state index contributed by atoms with van der Waals surface area (Å²) in [7, 11) is 0. The number of ether oxygens (including phenoxy) is 1. The molecule has 0 aromatic carbocycles. The second kappa shape index (κ2) is 5.32. The Bertz CT molecular complexity index is 257. The number of nitrogens with one attached hydrogen (secondary N) is 1. The number of hydrogen-bond acceptors (Lipinski definition) is 3. The molecule has 0 heterocycles. The second-order valence-corrected chi connectivity index (χ2v) is 5.41. The molecule has 1 amide bonds. The van der Waals surface area contributed by atoms with Gasteiger partial charge in [0.05, 0.1) is 0 Å². The van der Waals surface area contributed by atoms with Crippen molar-refractivity contribution in [3.05, 3.63) is 0 Å². The van der Waals surface area contributed by atoms with Crippen LogP contribution in [-0.4, -0.2) is 24.0 Å². The molecule has 1 aliphatic carbocycles. The maximum Gasteiger partial charge on any atom is 0.407 e. The van der Waals surface area contributed by atoms with Crippen molar-refractivity contribution in [3.63, 3.8) is 0 Å². The molecule has 0 aromatic heterocycles. The van der Waals surface area contributed by atoms with E-state index >= 15 is 0 Å². The first-order valence-electron chi connectivity index (χ1n) is 5.85. The summed E-state index contributed by atoms with van der Waals surface area (Å²) in [5.41, 5.74) is -0.469. The van der Waals surface area contributed by atoms with Crippen LogP contribution in [0.4, 0.5) is 4.79 Å². The Morgan fingerprint density at radius 2 is 2.06 bits per heavy atom. The van der Waals surface area contributed by atoms with Crippen molar-refractivity contribution in [3.8, 4) is 0 Å². The fraction of sp³-hybridized carbons (Fsp3) is 0.833. The van der Waals surface area contributed by atoms with Crippen molar-refractivity contribution >= 4 is 12.4 Å². The van der Waals surface area contributed by atoms with Gasteiger partial charge in [-0.25, -0.2) is 4.79 Å². The normalized spacial score (nSPS) is 25.9. The summed E-state index contributed by atoms with van der Waals surface area (Å²) >= 11 is 0. The van der Waals surface area contributed by atoms with Crippen LogP contribution in [0.1, 0.15) is 46.5 Å². The fourth-order valence-corrected chi connectivity index (χ4v) is 1.96. The van der Waals surface area contributed by atoms with Gasteiger partial charge in [-0.2, -0.15) is 0 Å². The molecule has 92 valence electrons. The predicted octanol–water partition coefficient (Wildman–Crippen LogP) is 2.27. The Morgan fingerprint density at radius 1 is 1.38 bits per heavy atom. The molecule has 1 aliphatic rings. The molecule has 0 aliphatic heterocycles. The van der Waals surface area contributed by atoms with Crippen molar-refractivity contribution in [2.75, 3.05) is 0 Å². The molecule has 1 N–H and O–H groups in total. The number of hydrogen-bond donors (Lipinski definition) is 1. The lowest BCUT2D eigenvalue weighted by molar-refractivity contribution is -0.112. The van der Waals surface area contributed by atoms with Gasteiger partial charge in [0.1, 0.15) is 11.9 Å². The molecule has 1 rings (SSSR count). The maximum absolute atomic E-state index is 11.5. The lowest BCUT2D eigenvalue weighted by atomic mass is 9.87. The van der Waals surface area contributed by atoms with E-state index in [1.165, 1.54) is 0 Å². The van der Waals surface area contributed by atoms with Gasteiger partial charge >= 0.3 is 6.09 Å². The van der Waals surface area contributed by atoms with Crippen molar-refractivity contribution in [1.82, 2.24) is 5.32 Å². The summed E-state index contributed by atoms with van der Waals surface area (Å²) in [6, 6.07) is 0.0822. The highest BCUT2D eigenvalue weighted by molar-refractivity contribution is 5.68. The van der Waals surface area contributed by atoms with Crippen LogP contribution in [0.5, 0.6) is 0 Å². The van der Waals surface area contributed by atoms with E-state index in [4.69, 9.17) is 4.74 Å². The van der Waals surface area contributed by atoms with Crippen LogP contribution in [0.2, 0.25) is 0 Å². The van der Waals surface area contributed by atoms with Crippen LogP contribution < -0.4 is 5.32 Å². The fourth-order valence-electron chi connectivity index (χ4n) is 1.96. The van der Waals surface area contributed by atoms with Gasteiger partial charge in [-0.05, 0) is 40.0 Å². The molecular weight excluding hydrogens is 206 g/mol. The summed E-state index contributed by atoms with van der Waals surface area (Å²) in [6.07, 6.45) is 4.21. The molecule has 0 spiro atoms. The highest BCUT2D eigenvalue weighted by atomic mass is 16.6. The Labute approximate surface area is 96.7 Å². The number of amides is 1. The van der Waals surface area contributed by atoms with Crippen LogP contribution in [0, 0.1) is 5.92 Å². The van der Waals surface area contributed by atoms with Gasteiger partial charge in [0.15, 0.2) is 0 Å². The standard InChI is InChI=1S/C12H21NO3/c1-12(2,3)16-11(15)13-10-6-4-5-9(7-10)8-14/h8-10H,4-7H2,1-3H3,(H,13,15)/t9-,10-/m0/s1. The van der Waals surface area contributed by atoms with Crippen LogP contribution >= 0.6 is 0 Å². The van der Waals surface area contributed by atoms with Gasteiger partial charge in [0.2, 0.25) is 0 Å². The van der Waals surface area contributed by atoms with E-state index in [-0.39, 0.29) is 18.1 Å². The predicted molar refractivity (Wildman–Crippen MR) is 61.2 cm³/mol. The maximum atomic E-state index is 11.5. The minimum absolute atomic E-state index is 0.0822.